The number of benzene rings is 2. The molecule has 0 spiro atoms. The number of nitrogens with zero attached hydrogens (tertiary/aromatic N) is 4. The Kier molecular flexibility index (Phi) is 4.82. The number of hydrogen-bond donors (Lipinski definition) is 1. The van der Waals surface area contributed by atoms with Crippen LogP contribution in [0.5, 0.6) is 5.75 Å². The van der Waals surface area contributed by atoms with E-state index in [0.29, 0.717) is 22.6 Å². The second kappa shape index (κ2) is 7.67. The Morgan fingerprint density at radius 2 is 2.06 bits per heavy atom. The number of para-hydroxylation sites is 1. The highest BCUT2D eigenvalue weighted by molar-refractivity contribution is 5.94. The fourth-order valence-electron chi connectivity index (χ4n) is 4.21. The molecule has 1 N–H and O–H groups in total. The van der Waals surface area contributed by atoms with Crippen molar-refractivity contribution >= 4 is 33.9 Å². The Hall–Kier alpha value is -3.45. The highest BCUT2D eigenvalue weighted by Gasteiger charge is 2.20. The average molecular weight is 416 g/mol. The van der Waals surface area contributed by atoms with Crippen molar-refractivity contribution in [3.8, 4) is 5.75 Å². The van der Waals surface area contributed by atoms with Gasteiger partial charge in [-0.05, 0) is 36.2 Å². The van der Waals surface area contributed by atoms with Crippen LogP contribution >= 0.6 is 0 Å². The quantitative estimate of drug-likeness (QED) is 0.400. The maximum atomic E-state index is 12.3. The monoisotopic (exact) mass is 416 g/mol. The lowest BCUT2D eigenvalue weighted by Crippen LogP contribution is -2.36. The zero-order valence-electron chi connectivity index (χ0n) is 17.6. The molecule has 158 valence electrons. The first-order chi connectivity index (χ1) is 15.0. The fraction of sp³-hybridized carbons (Fsp3) is 0.292. The minimum atomic E-state index is -0.622. The number of aliphatic imine (C=N–C) groups is 1. The molecule has 1 aliphatic heterocycles. The molecule has 7 nitrogen and oxygen atoms in total. The Morgan fingerprint density at radius 1 is 1.23 bits per heavy atom. The molecule has 2 aromatic heterocycles. The third-order valence-electron chi connectivity index (χ3n) is 5.60. The molecule has 31 heavy (non-hydrogen) atoms. The molecular formula is C24H24N4O3. The molecule has 7 heteroatoms. The van der Waals surface area contributed by atoms with Gasteiger partial charge in [-0.3, -0.25) is 9.89 Å². The number of fused-ring (bicyclic) bond motifs is 4. The van der Waals surface area contributed by atoms with E-state index in [4.69, 9.17) is 9.40 Å². The molecule has 0 radical (unpaired) electrons. The van der Waals surface area contributed by atoms with Crippen LogP contribution in [-0.4, -0.2) is 38.9 Å². The molecule has 5 rings (SSSR count). The largest absolute Gasteiger partial charge is 0.506 e. The Bertz CT molecular complexity index is 1370. The molecule has 0 unspecified atom stereocenters. The topological polar surface area (TPSA) is 83.9 Å². The standard InChI is InChI=1S/C24H24N4O3/c1-15(2)13-27-9-10-28-20-8-7-16(11-19(20)26-22(28)14-27)25-12-18-23(29)17-5-3-4-6-21(17)31-24(18)30/h3-8,11-12,15,29H,9-10,13-14H2,1-2H3. The summed E-state index contributed by atoms with van der Waals surface area (Å²) in [5.74, 6) is 1.57. The van der Waals surface area contributed by atoms with Crippen LogP contribution in [0.3, 0.4) is 0 Å². The van der Waals surface area contributed by atoms with Crippen molar-refractivity contribution < 1.29 is 9.52 Å². The van der Waals surface area contributed by atoms with Crippen molar-refractivity contribution in [1.29, 1.82) is 0 Å². The number of aromatic nitrogens is 2. The van der Waals surface area contributed by atoms with Crippen LogP contribution in [0, 0.1) is 5.92 Å². The smallest absolute Gasteiger partial charge is 0.348 e. The lowest BCUT2D eigenvalue weighted by atomic mass is 10.1. The number of aromatic hydroxyl groups is 1. The van der Waals surface area contributed by atoms with E-state index >= 15 is 0 Å². The molecule has 4 aromatic rings. The van der Waals surface area contributed by atoms with Crippen LogP contribution in [0.4, 0.5) is 5.69 Å². The van der Waals surface area contributed by atoms with Crippen molar-refractivity contribution in [2.75, 3.05) is 13.1 Å². The third kappa shape index (κ3) is 3.61. The van der Waals surface area contributed by atoms with Gasteiger partial charge in [0.1, 0.15) is 22.7 Å². The maximum absolute atomic E-state index is 12.3. The van der Waals surface area contributed by atoms with Crippen molar-refractivity contribution in [3.05, 3.63) is 64.3 Å². The van der Waals surface area contributed by atoms with E-state index in [9.17, 15) is 9.90 Å². The van der Waals surface area contributed by atoms with E-state index in [2.05, 4.69) is 28.3 Å². The van der Waals surface area contributed by atoms with E-state index in [1.54, 1.807) is 24.3 Å². The van der Waals surface area contributed by atoms with Gasteiger partial charge >= 0.3 is 5.63 Å². The van der Waals surface area contributed by atoms with Crippen LogP contribution in [0.2, 0.25) is 0 Å². The molecule has 3 heterocycles. The lowest BCUT2D eigenvalue weighted by molar-refractivity contribution is 0.197. The van der Waals surface area contributed by atoms with Gasteiger partial charge in [0.25, 0.3) is 0 Å². The highest BCUT2D eigenvalue weighted by Crippen LogP contribution is 2.27. The minimum absolute atomic E-state index is 0.0345. The first-order valence-corrected chi connectivity index (χ1v) is 10.5. The maximum Gasteiger partial charge on any atom is 0.348 e. The zero-order chi connectivity index (χ0) is 21.5. The van der Waals surface area contributed by atoms with Crippen molar-refractivity contribution in [2.45, 2.75) is 26.9 Å². The van der Waals surface area contributed by atoms with Gasteiger partial charge in [-0.25, -0.2) is 9.78 Å². The number of imidazole rings is 1. The van der Waals surface area contributed by atoms with Gasteiger partial charge in [0.05, 0.1) is 28.7 Å². The first kappa shape index (κ1) is 19.5. The summed E-state index contributed by atoms with van der Waals surface area (Å²) in [6.45, 7) is 8.32. The predicted octanol–water partition coefficient (Wildman–Crippen LogP) is 4.07. The van der Waals surface area contributed by atoms with E-state index in [1.807, 2.05) is 18.2 Å². The normalized spacial score (nSPS) is 14.8. The van der Waals surface area contributed by atoms with Gasteiger partial charge in [-0.1, -0.05) is 26.0 Å². The highest BCUT2D eigenvalue weighted by atomic mass is 16.4. The summed E-state index contributed by atoms with van der Waals surface area (Å²) in [6.07, 6.45) is 1.36. The summed E-state index contributed by atoms with van der Waals surface area (Å²) in [4.78, 5) is 24.0. The van der Waals surface area contributed by atoms with E-state index < -0.39 is 5.63 Å². The molecule has 0 saturated heterocycles. The molecule has 0 bridgehead atoms. The van der Waals surface area contributed by atoms with Gasteiger partial charge in [-0.2, -0.15) is 0 Å². The predicted molar refractivity (Wildman–Crippen MR) is 121 cm³/mol. The summed E-state index contributed by atoms with van der Waals surface area (Å²) < 4.78 is 7.56. The lowest BCUT2D eigenvalue weighted by Gasteiger charge is -2.29. The van der Waals surface area contributed by atoms with Crippen molar-refractivity contribution in [2.24, 2.45) is 10.9 Å². The third-order valence-corrected chi connectivity index (χ3v) is 5.60. The van der Waals surface area contributed by atoms with Crippen LogP contribution < -0.4 is 5.63 Å². The molecule has 0 amide bonds. The summed E-state index contributed by atoms with van der Waals surface area (Å²) in [5, 5.41) is 11.0. The second-order valence-electron chi connectivity index (χ2n) is 8.39. The van der Waals surface area contributed by atoms with Gasteiger partial charge in [-0.15, -0.1) is 0 Å². The molecule has 0 aliphatic carbocycles. The van der Waals surface area contributed by atoms with Crippen LogP contribution in [0.1, 0.15) is 25.2 Å². The summed E-state index contributed by atoms with van der Waals surface area (Å²) in [6, 6.07) is 12.7. The SMILES string of the molecule is CC(C)CN1CCn2c(nc3cc(N=Cc4c(O)c5ccccc5oc4=O)ccc32)C1. The molecule has 0 atom stereocenters. The van der Waals surface area contributed by atoms with Gasteiger partial charge in [0.15, 0.2) is 0 Å². The van der Waals surface area contributed by atoms with E-state index in [1.165, 1.54) is 6.21 Å². The second-order valence-corrected chi connectivity index (χ2v) is 8.39. The molecule has 0 saturated carbocycles. The van der Waals surface area contributed by atoms with Crippen LogP contribution in [0.25, 0.3) is 22.0 Å². The molecule has 1 aliphatic rings. The van der Waals surface area contributed by atoms with Gasteiger partial charge in [0, 0.05) is 25.8 Å². The zero-order valence-corrected chi connectivity index (χ0v) is 17.6. The number of rotatable bonds is 4. The summed E-state index contributed by atoms with van der Waals surface area (Å²) >= 11 is 0. The Balaban J connectivity index is 1.46. The van der Waals surface area contributed by atoms with E-state index in [-0.39, 0.29) is 11.3 Å². The molecule has 0 fully saturated rings. The van der Waals surface area contributed by atoms with E-state index in [0.717, 1.165) is 43.0 Å². The fourth-order valence-corrected chi connectivity index (χ4v) is 4.21. The molecular weight excluding hydrogens is 392 g/mol. The van der Waals surface area contributed by atoms with Crippen molar-refractivity contribution in [1.82, 2.24) is 14.5 Å². The van der Waals surface area contributed by atoms with Gasteiger partial charge in [0.2, 0.25) is 0 Å². The Morgan fingerprint density at radius 3 is 2.90 bits per heavy atom. The molecule has 2 aromatic carbocycles. The number of hydrogen-bond acceptors (Lipinski definition) is 6. The van der Waals surface area contributed by atoms with Crippen LogP contribution in [0.15, 0.2) is 56.7 Å². The Labute approximate surface area is 179 Å². The minimum Gasteiger partial charge on any atom is -0.506 e. The summed E-state index contributed by atoms with van der Waals surface area (Å²) in [5.41, 5.74) is 2.39. The first-order valence-electron chi connectivity index (χ1n) is 10.5. The van der Waals surface area contributed by atoms with Crippen molar-refractivity contribution in [3.63, 3.8) is 0 Å². The average Bonchev–Trinajstić information content (AvgIpc) is 3.10. The van der Waals surface area contributed by atoms with Gasteiger partial charge < -0.3 is 14.1 Å². The van der Waals surface area contributed by atoms with Crippen LogP contribution in [-0.2, 0) is 13.1 Å². The summed E-state index contributed by atoms with van der Waals surface area (Å²) in [7, 11) is 0.